The molecule has 1 amide bonds. The molecule has 0 aliphatic carbocycles. The first-order valence-electron chi connectivity index (χ1n) is 9.96. The maximum Gasteiger partial charge on any atom is 0.258 e. The number of rotatable bonds is 3. The summed E-state index contributed by atoms with van der Waals surface area (Å²) in [4.78, 5) is 15.2. The number of halogens is 1. The zero-order valence-corrected chi connectivity index (χ0v) is 16.9. The molecule has 0 spiro atoms. The van der Waals surface area contributed by atoms with Gasteiger partial charge in [-0.1, -0.05) is 42.5 Å². The normalized spacial score (nSPS) is 18.3. The third kappa shape index (κ3) is 3.63. The molecule has 4 heteroatoms. The fraction of sp³-hybridized carbons (Fsp3) is 0.240. The monoisotopic (exact) mass is 388 g/mol. The van der Waals surface area contributed by atoms with E-state index in [0.29, 0.717) is 5.56 Å². The van der Waals surface area contributed by atoms with Crippen LogP contribution in [0.5, 0.6) is 0 Å². The molecule has 1 heterocycles. The summed E-state index contributed by atoms with van der Waals surface area (Å²) in [6, 6.07) is 20.4. The SMILES string of the molecule is Cc1ccccc1N[C@@H]1C[C@@H](C)N(C(=O)c2cccc(F)c2)c2c(C)cccc21. The van der Waals surface area contributed by atoms with Crippen molar-refractivity contribution in [3.05, 3.63) is 94.8 Å². The molecule has 0 fully saturated rings. The Morgan fingerprint density at radius 3 is 2.48 bits per heavy atom. The first-order valence-corrected chi connectivity index (χ1v) is 9.96. The lowest BCUT2D eigenvalue weighted by Crippen LogP contribution is -2.45. The second kappa shape index (κ2) is 7.70. The number of para-hydroxylation sites is 2. The molecular weight excluding hydrogens is 363 g/mol. The van der Waals surface area contributed by atoms with Gasteiger partial charge in [-0.3, -0.25) is 4.79 Å². The molecule has 0 saturated heterocycles. The topological polar surface area (TPSA) is 32.3 Å². The van der Waals surface area contributed by atoms with E-state index in [2.05, 4.69) is 37.4 Å². The fourth-order valence-corrected chi connectivity index (χ4v) is 4.21. The number of fused-ring (bicyclic) bond motifs is 1. The number of nitrogens with zero attached hydrogens (tertiary/aromatic N) is 1. The molecule has 3 nitrogen and oxygen atoms in total. The molecule has 2 atom stereocenters. The Hall–Kier alpha value is -3.14. The number of carbonyl (C=O) groups is 1. The van der Waals surface area contributed by atoms with Gasteiger partial charge in [-0.25, -0.2) is 4.39 Å². The highest BCUT2D eigenvalue weighted by molar-refractivity contribution is 6.07. The summed E-state index contributed by atoms with van der Waals surface area (Å²) in [6.45, 7) is 6.16. The predicted octanol–water partition coefficient (Wildman–Crippen LogP) is 6.03. The van der Waals surface area contributed by atoms with Crippen molar-refractivity contribution < 1.29 is 9.18 Å². The number of benzene rings is 3. The van der Waals surface area contributed by atoms with Crippen LogP contribution in [0.1, 0.15) is 46.4 Å². The Morgan fingerprint density at radius 2 is 1.72 bits per heavy atom. The summed E-state index contributed by atoms with van der Waals surface area (Å²) < 4.78 is 13.7. The summed E-state index contributed by atoms with van der Waals surface area (Å²) in [7, 11) is 0. The third-order valence-electron chi connectivity index (χ3n) is 5.67. The quantitative estimate of drug-likeness (QED) is 0.594. The molecule has 0 aromatic heterocycles. The lowest BCUT2D eigenvalue weighted by Gasteiger charge is -2.41. The van der Waals surface area contributed by atoms with E-state index in [1.807, 2.05) is 36.1 Å². The van der Waals surface area contributed by atoms with Crippen LogP contribution >= 0.6 is 0 Å². The van der Waals surface area contributed by atoms with Crippen LogP contribution in [0.4, 0.5) is 15.8 Å². The summed E-state index contributed by atoms with van der Waals surface area (Å²) in [5.74, 6) is -0.563. The molecule has 3 aromatic carbocycles. The van der Waals surface area contributed by atoms with Crippen molar-refractivity contribution in [2.24, 2.45) is 0 Å². The Bertz CT molecular complexity index is 1060. The highest BCUT2D eigenvalue weighted by Crippen LogP contribution is 2.41. The molecule has 29 heavy (non-hydrogen) atoms. The fourth-order valence-electron chi connectivity index (χ4n) is 4.21. The molecule has 0 bridgehead atoms. The predicted molar refractivity (Wildman–Crippen MR) is 116 cm³/mol. The van der Waals surface area contributed by atoms with Crippen LogP contribution in [0, 0.1) is 19.7 Å². The molecule has 4 rings (SSSR count). The number of hydrogen-bond donors (Lipinski definition) is 1. The maximum atomic E-state index is 13.7. The maximum absolute atomic E-state index is 13.7. The van der Waals surface area contributed by atoms with Gasteiger partial charge in [-0.15, -0.1) is 0 Å². The number of carbonyl (C=O) groups excluding carboxylic acids is 1. The second-order valence-corrected chi connectivity index (χ2v) is 7.79. The van der Waals surface area contributed by atoms with Gasteiger partial charge in [-0.05, 0) is 68.1 Å². The van der Waals surface area contributed by atoms with Gasteiger partial charge in [0.2, 0.25) is 0 Å². The summed E-state index contributed by atoms with van der Waals surface area (Å²) in [6.07, 6.45) is 0.770. The Balaban J connectivity index is 1.75. The van der Waals surface area contributed by atoms with Gasteiger partial charge in [-0.2, -0.15) is 0 Å². The van der Waals surface area contributed by atoms with Crippen LogP contribution in [-0.4, -0.2) is 11.9 Å². The van der Waals surface area contributed by atoms with Crippen molar-refractivity contribution in [3.63, 3.8) is 0 Å². The molecule has 0 radical (unpaired) electrons. The standard InChI is InChI=1S/C25H25FN2O/c1-16-8-4-5-13-22(16)27-23-14-18(3)28(24-17(2)9-6-12-21(23)24)25(29)19-10-7-11-20(26)15-19/h4-13,15,18,23,27H,14H2,1-3H3/t18-,23-/m1/s1. The van der Waals surface area contributed by atoms with Crippen LogP contribution < -0.4 is 10.2 Å². The van der Waals surface area contributed by atoms with Crippen molar-refractivity contribution in [1.29, 1.82) is 0 Å². The third-order valence-corrected chi connectivity index (χ3v) is 5.67. The second-order valence-electron chi connectivity index (χ2n) is 7.79. The largest absolute Gasteiger partial charge is 0.378 e. The van der Waals surface area contributed by atoms with Gasteiger partial charge >= 0.3 is 0 Å². The van der Waals surface area contributed by atoms with Crippen LogP contribution in [0.15, 0.2) is 66.7 Å². The van der Waals surface area contributed by atoms with E-state index < -0.39 is 5.82 Å². The summed E-state index contributed by atoms with van der Waals surface area (Å²) in [5, 5.41) is 3.67. The van der Waals surface area contributed by atoms with E-state index in [9.17, 15) is 9.18 Å². The van der Waals surface area contributed by atoms with E-state index in [1.165, 1.54) is 17.7 Å². The van der Waals surface area contributed by atoms with Crippen molar-refractivity contribution in [1.82, 2.24) is 0 Å². The highest BCUT2D eigenvalue weighted by atomic mass is 19.1. The van der Waals surface area contributed by atoms with Crippen LogP contribution in [0.3, 0.4) is 0 Å². The van der Waals surface area contributed by atoms with Gasteiger partial charge in [0, 0.05) is 17.3 Å². The summed E-state index contributed by atoms with van der Waals surface area (Å²) in [5.41, 5.74) is 5.71. The minimum absolute atomic E-state index is 0.0270. The van der Waals surface area contributed by atoms with Crippen molar-refractivity contribution in [2.45, 2.75) is 39.3 Å². The van der Waals surface area contributed by atoms with E-state index >= 15 is 0 Å². The average molecular weight is 388 g/mol. The smallest absolute Gasteiger partial charge is 0.258 e. The zero-order chi connectivity index (χ0) is 20.5. The number of anilines is 2. The van der Waals surface area contributed by atoms with Gasteiger partial charge < -0.3 is 10.2 Å². The number of amides is 1. The average Bonchev–Trinajstić information content (AvgIpc) is 2.70. The van der Waals surface area contributed by atoms with E-state index in [-0.39, 0.29) is 18.0 Å². The van der Waals surface area contributed by atoms with Gasteiger partial charge in [0.15, 0.2) is 0 Å². The summed E-state index contributed by atoms with van der Waals surface area (Å²) >= 11 is 0. The first kappa shape index (κ1) is 19.2. The molecule has 0 saturated carbocycles. The molecule has 3 aromatic rings. The number of nitrogens with one attached hydrogen (secondary N) is 1. The number of aryl methyl sites for hydroxylation is 2. The Labute approximate surface area is 171 Å². The van der Waals surface area contributed by atoms with Crippen molar-refractivity contribution in [3.8, 4) is 0 Å². The minimum atomic E-state index is -0.399. The van der Waals surface area contributed by atoms with Gasteiger partial charge in [0.05, 0.1) is 11.7 Å². The van der Waals surface area contributed by atoms with E-state index in [0.717, 1.165) is 28.9 Å². The van der Waals surface area contributed by atoms with Crippen LogP contribution in [0.2, 0.25) is 0 Å². The zero-order valence-electron chi connectivity index (χ0n) is 16.9. The van der Waals surface area contributed by atoms with Crippen LogP contribution in [0.25, 0.3) is 0 Å². The van der Waals surface area contributed by atoms with Gasteiger partial charge in [0.1, 0.15) is 5.82 Å². The lowest BCUT2D eigenvalue weighted by atomic mass is 9.88. The minimum Gasteiger partial charge on any atom is -0.378 e. The lowest BCUT2D eigenvalue weighted by molar-refractivity contribution is 0.0973. The van der Waals surface area contributed by atoms with Gasteiger partial charge in [0.25, 0.3) is 5.91 Å². The van der Waals surface area contributed by atoms with E-state index in [4.69, 9.17) is 0 Å². The van der Waals surface area contributed by atoms with Crippen molar-refractivity contribution in [2.75, 3.05) is 10.2 Å². The van der Waals surface area contributed by atoms with Crippen LogP contribution in [-0.2, 0) is 0 Å². The number of hydrogen-bond acceptors (Lipinski definition) is 2. The molecule has 148 valence electrons. The molecule has 1 aliphatic heterocycles. The first-order chi connectivity index (χ1) is 14.0. The molecular formula is C25H25FN2O. The van der Waals surface area contributed by atoms with Crippen molar-refractivity contribution >= 4 is 17.3 Å². The molecule has 0 unspecified atom stereocenters. The Morgan fingerprint density at radius 1 is 1.00 bits per heavy atom. The molecule has 1 N–H and O–H groups in total. The Kier molecular flexibility index (Phi) is 5.10. The highest BCUT2D eigenvalue weighted by Gasteiger charge is 2.35. The molecule has 1 aliphatic rings. The van der Waals surface area contributed by atoms with E-state index in [1.54, 1.807) is 12.1 Å².